The van der Waals surface area contributed by atoms with E-state index in [9.17, 15) is 50.0 Å². The largest absolute Gasteiger partial charge is 0.472 e. The van der Waals surface area contributed by atoms with Gasteiger partial charge in [0.25, 0.3) is 0 Å². The Morgan fingerprint density at radius 2 is 1.13 bits per heavy atom. The van der Waals surface area contributed by atoms with Gasteiger partial charge < -0.3 is 46.0 Å². The van der Waals surface area contributed by atoms with Crippen LogP contribution in [0.15, 0.2) is 36.5 Å². The highest BCUT2D eigenvalue weighted by Crippen LogP contribution is 2.47. The van der Waals surface area contributed by atoms with Gasteiger partial charge in [-0.3, -0.25) is 13.8 Å². The molecule has 1 fully saturated rings. The molecule has 304 valence electrons. The lowest BCUT2D eigenvalue weighted by molar-refractivity contribution is -0.220. The van der Waals surface area contributed by atoms with Gasteiger partial charge in [-0.25, -0.2) is 4.57 Å². The summed E-state index contributed by atoms with van der Waals surface area (Å²) in [4.78, 5) is 23.2. The van der Waals surface area contributed by atoms with Crippen molar-refractivity contribution < 1.29 is 59.0 Å². The first-order valence-electron chi connectivity index (χ1n) is 19.5. The van der Waals surface area contributed by atoms with E-state index in [1.807, 2.05) is 6.08 Å². The summed E-state index contributed by atoms with van der Waals surface area (Å²) in [7, 11) is -5.14. The van der Waals surface area contributed by atoms with Gasteiger partial charge in [0.05, 0.1) is 31.3 Å². The number of allylic oxidation sites excluding steroid dienone is 5. The SMILES string of the molecule is CCC/C=C/CC/C=C/CC/C=C/C(O)C(COP(=O)(O)OC1C(O)C(O)C(O)C(O)C1O)NC(=O)CC(O)CCCCCCCCCCCCC. The van der Waals surface area contributed by atoms with E-state index in [0.29, 0.717) is 19.3 Å². The van der Waals surface area contributed by atoms with Gasteiger partial charge in [0.2, 0.25) is 5.91 Å². The number of unbranched alkanes of at least 4 members (excludes halogenated alkanes) is 13. The third-order valence-corrected chi connectivity index (χ3v) is 10.2. The lowest BCUT2D eigenvalue weighted by Gasteiger charge is -2.41. The van der Waals surface area contributed by atoms with Gasteiger partial charge in [-0.05, 0) is 38.5 Å². The molecule has 1 saturated carbocycles. The molecule has 8 unspecified atom stereocenters. The molecule has 0 aromatic carbocycles. The van der Waals surface area contributed by atoms with E-state index < -0.39 is 75.2 Å². The normalized spacial score (nSPS) is 25.5. The minimum Gasteiger partial charge on any atom is -0.393 e. The standard InChI is InChI=1S/C38H70NO12P/c1-3-5-7-9-11-13-15-17-19-21-23-25-29(40)27-32(42)39-30(31(41)26-24-22-20-18-16-14-12-10-8-6-4-2)28-50-52(48,49)51-38-36(46)34(44)33(43)35(45)37(38)47/h8,10,16,18,24,26,29-31,33-38,40-41,43-47H,3-7,9,11-15,17,19-23,25,27-28H2,1-2H3,(H,39,42)(H,48,49)/b10-8+,18-16+,26-24+. The van der Waals surface area contributed by atoms with Crippen LogP contribution >= 0.6 is 7.82 Å². The molecule has 14 heteroatoms. The van der Waals surface area contributed by atoms with E-state index in [1.165, 1.54) is 51.0 Å². The van der Waals surface area contributed by atoms with Crippen LogP contribution in [0.25, 0.3) is 0 Å². The van der Waals surface area contributed by atoms with Crippen molar-refractivity contribution in [2.24, 2.45) is 0 Å². The molecule has 1 aliphatic carbocycles. The summed E-state index contributed by atoms with van der Waals surface area (Å²) in [6.07, 6.45) is 15.5. The van der Waals surface area contributed by atoms with E-state index >= 15 is 0 Å². The molecule has 0 saturated heterocycles. The molecule has 0 bridgehead atoms. The third kappa shape index (κ3) is 21.4. The predicted octanol–water partition coefficient (Wildman–Crippen LogP) is 4.63. The van der Waals surface area contributed by atoms with Crippen LogP contribution in [-0.4, -0.2) is 108 Å². The summed E-state index contributed by atoms with van der Waals surface area (Å²) >= 11 is 0. The van der Waals surface area contributed by atoms with E-state index in [2.05, 4.69) is 37.4 Å². The van der Waals surface area contributed by atoms with Gasteiger partial charge in [-0.1, -0.05) is 127 Å². The second-order valence-corrected chi connectivity index (χ2v) is 15.4. The van der Waals surface area contributed by atoms with Gasteiger partial charge in [-0.2, -0.15) is 0 Å². The first-order chi connectivity index (χ1) is 24.8. The zero-order valence-corrected chi connectivity index (χ0v) is 32.4. The van der Waals surface area contributed by atoms with Crippen molar-refractivity contribution in [2.45, 2.75) is 191 Å². The molecule has 52 heavy (non-hydrogen) atoms. The highest BCUT2D eigenvalue weighted by Gasteiger charge is 2.51. The Labute approximate surface area is 311 Å². The lowest BCUT2D eigenvalue weighted by Crippen LogP contribution is -2.64. The van der Waals surface area contributed by atoms with Crippen molar-refractivity contribution in [3.05, 3.63) is 36.5 Å². The first-order valence-corrected chi connectivity index (χ1v) is 21.0. The Balaban J connectivity index is 2.69. The van der Waals surface area contributed by atoms with E-state index in [1.54, 1.807) is 6.08 Å². The zero-order valence-electron chi connectivity index (χ0n) is 31.5. The molecule has 0 aromatic rings. The first kappa shape index (κ1) is 48.5. The number of phosphoric acid groups is 1. The number of nitrogens with one attached hydrogen (secondary N) is 1. The Morgan fingerprint density at radius 3 is 1.65 bits per heavy atom. The second kappa shape index (κ2) is 28.9. The highest BCUT2D eigenvalue weighted by atomic mass is 31.2. The minimum atomic E-state index is -5.14. The molecular weight excluding hydrogens is 693 g/mol. The Bertz CT molecular complexity index is 1040. The van der Waals surface area contributed by atoms with Gasteiger partial charge in [0.15, 0.2) is 0 Å². The number of hydrogen-bond donors (Lipinski definition) is 9. The molecule has 13 nitrogen and oxygen atoms in total. The van der Waals surface area contributed by atoms with Crippen LogP contribution in [0.4, 0.5) is 0 Å². The summed E-state index contributed by atoms with van der Waals surface area (Å²) in [6.45, 7) is 3.59. The van der Waals surface area contributed by atoms with Crippen LogP contribution in [-0.2, 0) is 18.4 Å². The van der Waals surface area contributed by atoms with Crippen LogP contribution in [0.2, 0.25) is 0 Å². The van der Waals surface area contributed by atoms with Crippen LogP contribution < -0.4 is 5.32 Å². The summed E-state index contributed by atoms with van der Waals surface area (Å²) in [6, 6.07) is -1.26. The topological polar surface area (TPSA) is 226 Å². The number of carbonyl (C=O) groups is 1. The fourth-order valence-electron chi connectivity index (χ4n) is 5.92. The van der Waals surface area contributed by atoms with Crippen molar-refractivity contribution in [1.29, 1.82) is 0 Å². The molecule has 1 amide bonds. The molecule has 0 aromatic heterocycles. The minimum absolute atomic E-state index is 0.255. The number of carbonyl (C=O) groups excluding carboxylic acids is 1. The molecule has 0 aliphatic heterocycles. The predicted molar refractivity (Wildman–Crippen MR) is 201 cm³/mol. The highest BCUT2D eigenvalue weighted by molar-refractivity contribution is 7.47. The molecule has 0 spiro atoms. The maximum absolute atomic E-state index is 12.9. The van der Waals surface area contributed by atoms with Gasteiger partial charge in [0.1, 0.15) is 36.6 Å². The average Bonchev–Trinajstić information content (AvgIpc) is 3.11. The van der Waals surface area contributed by atoms with Crippen molar-refractivity contribution >= 4 is 13.7 Å². The molecule has 8 atom stereocenters. The van der Waals surface area contributed by atoms with Gasteiger partial charge >= 0.3 is 7.82 Å². The van der Waals surface area contributed by atoms with E-state index in [4.69, 9.17) is 9.05 Å². The third-order valence-electron chi connectivity index (χ3n) is 9.19. The number of aliphatic hydroxyl groups excluding tert-OH is 7. The van der Waals surface area contributed by atoms with Gasteiger partial charge in [0, 0.05) is 0 Å². The summed E-state index contributed by atoms with van der Waals surface area (Å²) in [5.74, 6) is -0.611. The zero-order chi connectivity index (χ0) is 38.8. The molecule has 0 radical (unpaired) electrons. The van der Waals surface area contributed by atoms with E-state index in [-0.39, 0.29) is 6.42 Å². The molecular formula is C38H70NO12P. The lowest BCUT2D eigenvalue weighted by atomic mass is 9.85. The van der Waals surface area contributed by atoms with Crippen molar-refractivity contribution in [2.75, 3.05) is 6.61 Å². The van der Waals surface area contributed by atoms with Crippen LogP contribution in [0.3, 0.4) is 0 Å². The monoisotopic (exact) mass is 763 g/mol. The fraction of sp³-hybridized carbons (Fsp3) is 0.816. The average molecular weight is 764 g/mol. The smallest absolute Gasteiger partial charge is 0.393 e. The Kier molecular flexibility index (Phi) is 27.0. The quantitative estimate of drug-likeness (QED) is 0.0277. The van der Waals surface area contributed by atoms with Crippen molar-refractivity contribution in [3.8, 4) is 0 Å². The van der Waals surface area contributed by atoms with E-state index in [0.717, 1.165) is 51.4 Å². The molecule has 1 aliphatic rings. The van der Waals surface area contributed by atoms with Crippen molar-refractivity contribution in [1.82, 2.24) is 5.32 Å². The summed E-state index contributed by atoms with van der Waals surface area (Å²) < 4.78 is 22.7. The molecule has 9 N–H and O–H groups in total. The number of rotatable bonds is 30. The number of aliphatic hydroxyl groups is 7. The van der Waals surface area contributed by atoms with Crippen molar-refractivity contribution in [3.63, 3.8) is 0 Å². The maximum Gasteiger partial charge on any atom is 0.472 e. The summed E-state index contributed by atoms with van der Waals surface area (Å²) in [5.41, 5.74) is 0. The molecule has 1 rings (SSSR count). The number of amides is 1. The number of hydrogen-bond acceptors (Lipinski definition) is 11. The van der Waals surface area contributed by atoms with Crippen LogP contribution in [0, 0.1) is 0 Å². The van der Waals surface area contributed by atoms with Crippen LogP contribution in [0.1, 0.15) is 136 Å². The maximum atomic E-state index is 12.9. The Hall–Kier alpha value is -1.48. The number of phosphoric ester groups is 1. The van der Waals surface area contributed by atoms with Gasteiger partial charge in [-0.15, -0.1) is 0 Å². The van der Waals surface area contributed by atoms with Crippen LogP contribution in [0.5, 0.6) is 0 Å². The second-order valence-electron chi connectivity index (χ2n) is 13.9. The Morgan fingerprint density at radius 1 is 0.673 bits per heavy atom. The fourth-order valence-corrected chi connectivity index (χ4v) is 6.89. The summed E-state index contributed by atoms with van der Waals surface area (Å²) in [5, 5.41) is 73.9. The molecule has 0 heterocycles.